The molecule has 0 radical (unpaired) electrons. The SMILES string of the molecule is C[C@@]1(CNc2nonc2C(=Nc2ccc(F)c(Br)c2)NO)CCN(SN)C1. The summed E-state index contributed by atoms with van der Waals surface area (Å²) in [6.45, 7) is 4.52. The molecule has 0 saturated carbocycles. The summed E-state index contributed by atoms with van der Waals surface area (Å²) in [6.07, 6.45) is 0.980. The van der Waals surface area contributed by atoms with Gasteiger partial charge in [0.2, 0.25) is 5.82 Å². The molecule has 0 bridgehead atoms. The zero-order valence-electron chi connectivity index (χ0n) is 14.4. The van der Waals surface area contributed by atoms with E-state index in [2.05, 4.69) is 47.8 Å². The topological polar surface area (TPSA) is 125 Å². The highest BCUT2D eigenvalue weighted by atomic mass is 79.9. The predicted octanol–water partition coefficient (Wildman–Crippen LogP) is 2.67. The van der Waals surface area contributed by atoms with Gasteiger partial charge < -0.3 is 5.32 Å². The number of aliphatic imine (C=N–C) groups is 1. The van der Waals surface area contributed by atoms with Crippen LogP contribution >= 0.6 is 28.1 Å². The number of amidine groups is 1. The van der Waals surface area contributed by atoms with Gasteiger partial charge >= 0.3 is 0 Å². The van der Waals surface area contributed by atoms with Gasteiger partial charge in [-0.3, -0.25) is 15.8 Å². The third-order valence-electron chi connectivity index (χ3n) is 4.32. The lowest BCUT2D eigenvalue weighted by molar-refractivity contribution is 0.234. The van der Waals surface area contributed by atoms with Gasteiger partial charge in [-0.2, -0.15) is 0 Å². The van der Waals surface area contributed by atoms with Crippen molar-refractivity contribution >= 4 is 45.4 Å². The van der Waals surface area contributed by atoms with Gasteiger partial charge in [-0.05, 0) is 56.3 Å². The molecular weight excluding hydrogens is 441 g/mol. The molecule has 1 atom stereocenters. The molecule has 0 aliphatic carbocycles. The van der Waals surface area contributed by atoms with Crippen LogP contribution in [0, 0.1) is 11.2 Å². The Morgan fingerprint density at radius 1 is 1.56 bits per heavy atom. The highest BCUT2D eigenvalue weighted by molar-refractivity contribution is 9.10. The number of nitrogens with two attached hydrogens (primary N) is 1. The highest BCUT2D eigenvalue weighted by Crippen LogP contribution is 2.32. The average molecular weight is 460 g/mol. The number of aromatic nitrogens is 2. The van der Waals surface area contributed by atoms with E-state index in [-0.39, 0.29) is 21.4 Å². The van der Waals surface area contributed by atoms with Crippen LogP contribution in [0.5, 0.6) is 0 Å². The zero-order chi connectivity index (χ0) is 19.4. The molecule has 2 aromatic rings. The molecule has 2 heterocycles. The first-order chi connectivity index (χ1) is 12.9. The maximum atomic E-state index is 13.4. The number of nitrogens with one attached hydrogen (secondary N) is 2. The van der Waals surface area contributed by atoms with Crippen molar-refractivity contribution < 1.29 is 14.2 Å². The van der Waals surface area contributed by atoms with Crippen molar-refractivity contribution in [3.05, 3.63) is 34.2 Å². The third kappa shape index (κ3) is 4.76. The minimum atomic E-state index is -0.410. The minimum Gasteiger partial charge on any atom is -0.365 e. The van der Waals surface area contributed by atoms with Crippen molar-refractivity contribution in [2.45, 2.75) is 13.3 Å². The molecule has 0 spiro atoms. The van der Waals surface area contributed by atoms with E-state index >= 15 is 0 Å². The summed E-state index contributed by atoms with van der Waals surface area (Å²) in [5.74, 6) is -0.0445. The molecule has 9 nitrogen and oxygen atoms in total. The summed E-state index contributed by atoms with van der Waals surface area (Å²) in [5.41, 5.74) is 2.62. The fraction of sp³-hybridized carbons (Fsp3) is 0.400. The third-order valence-corrected chi connectivity index (χ3v) is 5.53. The Bertz CT molecular complexity index is 836. The lowest BCUT2D eigenvalue weighted by Gasteiger charge is -2.24. The molecule has 1 aliphatic heterocycles. The van der Waals surface area contributed by atoms with E-state index in [1.807, 2.05) is 5.48 Å². The van der Waals surface area contributed by atoms with E-state index < -0.39 is 5.82 Å². The molecule has 1 saturated heterocycles. The normalized spacial score (nSPS) is 20.9. The number of benzene rings is 1. The van der Waals surface area contributed by atoms with Gasteiger partial charge in [0.25, 0.3) is 0 Å². The van der Waals surface area contributed by atoms with E-state index in [0.29, 0.717) is 18.1 Å². The van der Waals surface area contributed by atoms with E-state index in [1.54, 1.807) is 0 Å². The van der Waals surface area contributed by atoms with Crippen molar-refractivity contribution in [1.82, 2.24) is 20.1 Å². The molecule has 1 aliphatic rings. The quantitative estimate of drug-likeness (QED) is 0.223. The highest BCUT2D eigenvalue weighted by Gasteiger charge is 2.34. The van der Waals surface area contributed by atoms with Crippen molar-refractivity contribution in [3.63, 3.8) is 0 Å². The van der Waals surface area contributed by atoms with E-state index in [4.69, 9.17) is 9.77 Å². The van der Waals surface area contributed by atoms with Gasteiger partial charge in [-0.15, -0.1) is 0 Å². The molecule has 146 valence electrons. The Morgan fingerprint density at radius 2 is 2.37 bits per heavy atom. The summed E-state index contributed by atoms with van der Waals surface area (Å²) in [7, 11) is 0. The number of hydroxylamine groups is 1. The Balaban J connectivity index is 1.76. The van der Waals surface area contributed by atoms with Crippen molar-refractivity contribution in [2.24, 2.45) is 15.5 Å². The largest absolute Gasteiger partial charge is 0.365 e. The number of halogens is 2. The van der Waals surface area contributed by atoms with Gasteiger partial charge in [-0.1, -0.05) is 6.92 Å². The molecule has 0 amide bonds. The van der Waals surface area contributed by atoms with Crippen LogP contribution in [0.1, 0.15) is 19.0 Å². The molecule has 1 fully saturated rings. The first-order valence-electron chi connectivity index (χ1n) is 8.06. The Morgan fingerprint density at radius 3 is 3.04 bits per heavy atom. The summed E-state index contributed by atoms with van der Waals surface area (Å²) in [6, 6.07) is 4.21. The molecule has 1 aromatic carbocycles. The lowest BCUT2D eigenvalue weighted by Crippen LogP contribution is -2.30. The molecule has 1 aromatic heterocycles. The number of rotatable bonds is 6. The van der Waals surface area contributed by atoms with Gasteiger partial charge in [0.15, 0.2) is 11.5 Å². The standard InChI is InChI=1S/C15H19BrFN7O2S/c1-15(4-5-24(8-15)27-18)7-19-13-12(22-26-23-13)14(21-25)20-9-2-3-11(17)10(16)6-9/h2-3,6,25H,4-5,7-8,18H2,1H3,(H,19,23)(H,20,21)/t15-/m0/s1. The fourth-order valence-electron chi connectivity index (χ4n) is 2.78. The number of hydrogen-bond donors (Lipinski definition) is 4. The van der Waals surface area contributed by atoms with Crippen LogP contribution in [-0.2, 0) is 0 Å². The Labute approximate surface area is 167 Å². The number of hydrogen-bond acceptors (Lipinski definition) is 9. The summed E-state index contributed by atoms with van der Waals surface area (Å²) < 4.78 is 20.5. The Hall–Kier alpha value is -1.73. The molecule has 0 unspecified atom stereocenters. The maximum absolute atomic E-state index is 13.4. The van der Waals surface area contributed by atoms with Crippen LogP contribution in [0.4, 0.5) is 15.9 Å². The van der Waals surface area contributed by atoms with Crippen LogP contribution in [0.2, 0.25) is 0 Å². The van der Waals surface area contributed by atoms with Gasteiger partial charge in [0.05, 0.1) is 10.2 Å². The van der Waals surface area contributed by atoms with Crippen LogP contribution < -0.4 is 15.9 Å². The first kappa shape index (κ1) is 20.0. The molecule has 3 rings (SSSR count). The maximum Gasteiger partial charge on any atom is 0.202 e. The van der Waals surface area contributed by atoms with Gasteiger partial charge in [0, 0.05) is 31.8 Å². The van der Waals surface area contributed by atoms with Crippen molar-refractivity contribution in [3.8, 4) is 0 Å². The summed E-state index contributed by atoms with van der Waals surface area (Å²) >= 11 is 4.34. The Kier molecular flexibility index (Phi) is 6.32. The second-order valence-corrected chi connectivity index (χ2v) is 8.10. The zero-order valence-corrected chi connectivity index (χ0v) is 16.8. The number of anilines is 1. The molecular formula is C15H19BrFN7O2S. The first-order valence-corrected chi connectivity index (χ1v) is 9.69. The minimum absolute atomic E-state index is 0.00829. The van der Waals surface area contributed by atoms with Crippen LogP contribution in [0.25, 0.3) is 0 Å². The fourth-order valence-corrected chi connectivity index (χ4v) is 3.73. The number of nitrogens with zero attached hydrogens (tertiary/aromatic N) is 4. The van der Waals surface area contributed by atoms with Crippen molar-refractivity contribution in [2.75, 3.05) is 25.0 Å². The van der Waals surface area contributed by atoms with Crippen LogP contribution in [0.15, 0.2) is 32.3 Å². The summed E-state index contributed by atoms with van der Waals surface area (Å²) in [5, 5.41) is 25.9. The average Bonchev–Trinajstić information content (AvgIpc) is 3.28. The van der Waals surface area contributed by atoms with Gasteiger partial charge in [0.1, 0.15) is 5.82 Å². The van der Waals surface area contributed by atoms with Gasteiger partial charge in [-0.25, -0.2) is 18.3 Å². The van der Waals surface area contributed by atoms with E-state index in [1.165, 1.54) is 30.3 Å². The molecule has 12 heteroatoms. The van der Waals surface area contributed by atoms with E-state index in [9.17, 15) is 9.60 Å². The van der Waals surface area contributed by atoms with E-state index in [0.717, 1.165) is 19.5 Å². The molecule has 27 heavy (non-hydrogen) atoms. The second-order valence-electron chi connectivity index (χ2n) is 6.52. The van der Waals surface area contributed by atoms with Crippen LogP contribution in [0.3, 0.4) is 0 Å². The predicted molar refractivity (Wildman–Crippen MR) is 104 cm³/mol. The van der Waals surface area contributed by atoms with Crippen molar-refractivity contribution in [1.29, 1.82) is 0 Å². The lowest BCUT2D eigenvalue weighted by atomic mass is 9.90. The monoisotopic (exact) mass is 459 g/mol. The summed E-state index contributed by atoms with van der Waals surface area (Å²) in [4.78, 5) is 4.23. The van der Waals surface area contributed by atoms with Crippen LogP contribution in [-0.4, -0.2) is 45.3 Å². The molecule has 5 N–H and O–H groups in total. The smallest absolute Gasteiger partial charge is 0.202 e. The second kappa shape index (κ2) is 8.52.